The van der Waals surface area contributed by atoms with Crippen LogP contribution in [0.15, 0.2) is 22.6 Å². The zero-order valence-corrected chi connectivity index (χ0v) is 10.7. The molecule has 0 aliphatic heterocycles. The van der Waals surface area contributed by atoms with E-state index in [4.69, 9.17) is 4.42 Å². The maximum absolute atomic E-state index is 13.5. The number of benzene rings is 1. The Morgan fingerprint density at radius 3 is 2.78 bits per heavy atom. The van der Waals surface area contributed by atoms with Crippen molar-refractivity contribution < 1.29 is 13.6 Å². The Balaban J connectivity index is 2.37. The third-order valence-electron chi connectivity index (χ3n) is 2.79. The van der Waals surface area contributed by atoms with Crippen LogP contribution in [0.4, 0.5) is 4.39 Å². The van der Waals surface area contributed by atoms with E-state index in [0.29, 0.717) is 23.4 Å². The molecule has 1 aromatic heterocycles. The molecule has 0 aliphatic rings. The van der Waals surface area contributed by atoms with Gasteiger partial charge in [-0.1, -0.05) is 26.0 Å². The predicted octanol–water partition coefficient (Wildman–Crippen LogP) is 3.27. The maximum Gasteiger partial charge on any atom is 0.287 e. The lowest BCUT2D eigenvalue weighted by Crippen LogP contribution is -2.27. The van der Waals surface area contributed by atoms with E-state index in [1.807, 2.05) is 13.8 Å². The number of carbonyl (C=O) groups is 1. The molecule has 1 amide bonds. The Hall–Kier alpha value is -1.84. The van der Waals surface area contributed by atoms with Gasteiger partial charge in [0.25, 0.3) is 5.91 Å². The molecule has 0 unspecified atom stereocenters. The highest BCUT2D eigenvalue weighted by Gasteiger charge is 2.19. The lowest BCUT2D eigenvalue weighted by Gasteiger charge is -2.05. The van der Waals surface area contributed by atoms with E-state index >= 15 is 0 Å². The molecule has 0 fully saturated rings. The van der Waals surface area contributed by atoms with Gasteiger partial charge in [0.05, 0.1) is 0 Å². The van der Waals surface area contributed by atoms with Crippen LogP contribution in [-0.2, 0) is 0 Å². The predicted molar refractivity (Wildman–Crippen MR) is 68.1 cm³/mol. The van der Waals surface area contributed by atoms with Gasteiger partial charge < -0.3 is 9.73 Å². The number of carbonyl (C=O) groups excluding carboxylic acids is 1. The summed E-state index contributed by atoms with van der Waals surface area (Å²) < 4.78 is 18.9. The van der Waals surface area contributed by atoms with Crippen LogP contribution in [-0.4, -0.2) is 12.5 Å². The third-order valence-corrected chi connectivity index (χ3v) is 2.79. The van der Waals surface area contributed by atoms with Crippen molar-refractivity contribution in [2.75, 3.05) is 6.54 Å². The van der Waals surface area contributed by atoms with Gasteiger partial charge in [-0.25, -0.2) is 4.39 Å². The Kier molecular flexibility index (Phi) is 3.36. The fourth-order valence-corrected chi connectivity index (χ4v) is 1.80. The van der Waals surface area contributed by atoms with Gasteiger partial charge in [-0.2, -0.15) is 0 Å². The molecule has 18 heavy (non-hydrogen) atoms. The molecule has 0 aliphatic carbocycles. The average molecular weight is 249 g/mol. The largest absolute Gasteiger partial charge is 0.448 e. The van der Waals surface area contributed by atoms with Gasteiger partial charge >= 0.3 is 0 Å². The molecule has 1 heterocycles. The Morgan fingerprint density at radius 2 is 2.17 bits per heavy atom. The molecular weight excluding hydrogens is 233 g/mol. The number of aryl methyl sites for hydroxylation is 1. The van der Waals surface area contributed by atoms with Gasteiger partial charge in [0.1, 0.15) is 0 Å². The number of para-hydroxylation sites is 1. The molecule has 96 valence electrons. The minimum absolute atomic E-state index is 0.143. The van der Waals surface area contributed by atoms with Crippen molar-refractivity contribution in [3.05, 3.63) is 35.3 Å². The number of hydrogen-bond acceptors (Lipinski definition) is 2. The first-order chi connectivity index (χ1) is 8.50. The Bertz CT molecular complexity index is 587. The molecule has 0 saturated carbocycles. The van der Waals surface area contributed by atoms with Gasteiger partial charge in [0.15, 0.2) is 17.2 Å². The second-order valence-electron chi connectivity index (χ2n) is 4.78. The number of fused-ring (bicyclic) bond motifs is 1. The van der Waals surface area contributed by atoms with Crippen molar-refractivity contribution in [3.63, 3.8) is 0 Å². The Morgan fingerprint density at radius 1 is 1.44 bits per heavy atom. The summed E-state index contributed by atoms with van der Waals surface area (Å²) in [5.74, 6) is -0.193. The van der Waals surface area contributed by atoms with Crippen LogP contribution in [0.3, 0.4) is 0 Å². The molecule has 2 aromatic rings. The SMILES string of the molecule is Cc1c(C(=O)NCC(C)C)oc2c(F)cccc12. The maximum atomic E-state index is 13.5. The summed E-state index contributed by atoms with van der Waals surface area (Å²) in [7, 11) is 0. The summed E-state index contributed by atoms with van der Waals surface area (Å²) in [6.07, 6.45) is 0. The van der Waals surface area contributed by atoms with Crippen molar-refractivity contribution >= 4 is 16.9 Å². The van der Waals surface area contributed by atoms with Crippen molar-refractivity contribution in [2.24, 2.45) is 5.92 Å². The number of hydrogen-bond donors (Lipinski definition) is 1. The van der Waals surface area contributed by atoms with E-state index < -0.39 is 5.82 Å². The summed E-state index contributed by atoms with van der Waals surface area (Å²) >= 11 is 0. The van der Waals surface area contributed by atoms with Crippen LogP contribution in [0.25, 0.3) is 11.0 Å². The molecule has 0 saturated heterocycles. The topological polar surface area (TPSA) is 42.2 Å². The third kappa shape index (κ3) is 2.23. The van der Waals surface area contributed by atoms with Gasteiger partial charge in [-0.3, -0.25) is 4.79 Å². The van der Waals surface area contributed by atoms with E-state index in [1.54, 1.807) is 19.1 Å². The zero-order chi connectivity index (χ0) is 13.3. The molecule has 1 aromatic carbocycles. The second-order valence-corrected chi connectivity index (χ2v) is 4.78. The fourth-order valence-electron chi connectivity index (χ4n) is 1.80. The number of amides is 1. The second kappa shape index (κ2) is 4.80. The number of halogens is 1. The quantitative estimate of drug-likeness (QED) is 0.907. The van der Waals surface area contributed by atoms with Gasteiger partial charge in [-0.15, -0.1) is 0 Å². The fraction of sp³-hybridized carbons (Fsp3) is 0.357. The highest BCUT2D eigenvalue weighted by molar-refractivity contribution is 5.98. The van der Waals surface area contributed by atoms with E-state index in [2.05, 4.69) is 5.32 Å². The van der Waals surface area contributed by atoms with Crippen LogP contribution in [0.5, 0.6) is 0 Å². The summed E-state index contributed by atoms with van der Waals surface area (Å²) in [6.45, 7) is 6.34. The summed E-state index contributed by atoms with van der Waals surface area (Å²) in [5, 5.41) is 3.41. The first kappa shape index (κ1) is 12.6. The molecule has 2 rings (SSSR count). The highest BCUT2D eigenvalue weighted by atomic mass is 19.1. The smallest absolute Gasteiger partial charge is 0.287 e. The van der Waals surface area contributed by atoms with E-state index in [-0.39, 0.29) is 17.3 Å². The van der Waals surface area contributed by atoms with Gasteiger partial charge in [0.2, 0.25) is 0 Å². The monoisotopic (exact) mass is 249 g/mol. The van der Waals surface area contributed by atoms with E-state index in [0.717, 1.165) is 0 Å². The number of nitrogens with one attached hydrogen (secondary N) is 1. The van der Waals surface area contributed by atoms with Crippen LogP contribution < -0.4 is 5.32 Å². The summed E-state index contributed by atoms with van der Waals surface area (Å²) in [6, 6.07) is 4.67. The average Bonchev–Trinajstić information content (AvgIpc) is 2.66. The normalized spacial score (nSPS) is 11.2. The van der Waals surface area contributed by atoms with E-state index in [9.17, 15) is 9.18 Å². The highest BCUT2D eigenvalue weighted by Crippen LogP contribution is 2.27. The minimum Gasteiger partial charge on any atom is -0.448 e. The molecule has 0 spiro atoms. The van der Waals surface area contributed by atoms with Crippen LogP contribution in [0.2, 0.25) is 0 Å². The zero-order valence-electron chi connectivity index (χ0n) is 10.7. The molecule has 1 N–H and O–H groups in total. The number of rotatable bonds is 3. The Labute approximate surface area is 105 Å². The first-order valence-corrected chi connectivity index (χ1v) is 5.96. The summed E-state index contributed by atoms with van der Waals surface area (Å²) in [5.41, 5.74) is 0.815. The van der Waals surface area contributed by atoms with Gasteiger partial charge in [-0.05, 0) is 18.9 Å². The summed E-state index contributed by atoms with van der Waals surface area (Å²) in [4.78, 5) is 11.9. The van der Waals surface area contributed by atoms with Crippen LogP contribution in [0.1, 0.15) is 30.0 Å². The molecule has 0 bridgehead atoms. The lowest BCUT2D eigenvalue weighted by atomic mass is 10.1. The minimum atomic E-state index is -0.446. The standard InChI is InChI=1S/C14H16FNO2/c1-8(2)7-16-14(17)12-9(3)10-5-4-6-11(15)13(10)18-12/h4-6,8H,7H2,1-3H3,(H,16,17). The van der Waals surface area contributed by atoms with Crippen molar-refractivity contribution in [2.45, 2.75) is 20.8 Å². The number of furan rings is 1. The molecule has 4 heteroatoms. The van der Waals surface area contributed by atoms with E-state index in [1.165, 1.54) is 6.07 Å². The first-order valence-electron chi connectivity index (χ1n) is 5.96. The molecular formula is C14H16FNO2. The van der Waals surface area contributed by atoms with Gasteiger partial charge in [0, 0.05) is 17.5 Å². The van der Waals surface area contributed by atoms with Crippen molar-refractivity contribution in [1.82, 2.24) is 5.32 Å². The van der Waals surface area contributed by atoms with Crippen molar-refractivity contribution in [1.29, 1.82) is 0 Å². The molecule has 0 radical (unpaired) electrons. The van der Waals surface area contributed by atoms with Crippen molar-refractivity contribution in [3.8, 4) is 0 Å². The lowest BCUT2D eigenvalue weighted by molar-refractivity contribution is 0.0922. The molecule has 0 atom stereocenters. The van der Waals surface area contributed by atoms with Crippen LogP contribution in [0, 0.1) is 18.7 Å². The van der Waals surface area contributed by atoms with Crippen LogP contribution >= 0.6 is 0 Å². The molecule has 3 nitrogen and oxygen atoms in total.